The third-order valence-electron chi connectivity index (χ3n) is 3.67. The van der Waals surface area contributed by atoms with Gasteiger partial charge in [0.25, 0.3) is 0 Å². The Labute approximate surface area is 156 Å². The number of H-pyrrole nitrogens is 1. The van der Waals surface area contributed by atoms with Crippen molar-refractivity contribution in [3.8, 4) is 0 Å². The van der Waals surface area contributed by atoms with Gasteiger partial charge in [-0.3, -0.25) is 4.99 Å². The molecule has 3 N–H and O–H groups in total. The van der Waals surface area contributed by atoms with Crippen LogP contribution < -0.4 is 10.6 Å². The Bertz CT molecular complexity index is 653. The molecule has 0 atom stereocenters. The lowest BCUT2D eigenvalue weighted by atomic mass is 10.1. The molecule has 0 saturated carbocycles. The second-order valence-electron chi connectivity index (χ2n) is 6.63. The van der Waals surface area contributed by atoms with Crippen LogP contribution >= 0.6 is 24.0 Å². The molecule has 4 nitrogen and oxygen atoms in total. The van der Waals surface area contributed by atoms with Gasteiger partial charge >= 0.3 is 0 Å². The monoisotopic (exact) mass is 428 g/mol. The standard InChI is InChI=1S/C18H28N4.HI/c1-6-13-8-7-9-15-14(12-21-16(13)15)10-11-20-17(19-5)22-18(2,3)4;/h7-9,12,21H,6,10-11H2,1-5H3,(H2,19,20,22);1H. The average molecular weight is 428 g/mol. The number of benzene rings is 1. The van der Waals surface area contributed by atoms with Crippen LogP contribution in [0.2, 0.25) is 0 Å². The van der Waals surface area contributed by atoms with Crippen molar-refractivity contribution < 1.29 is 0 Å². The summed E-state index contributed by atoms with van der Waals surface area (Å²) in [4.78, 5) is 7.69. The molecule has 1 heterocycles. The topological polar surface area (TPSA) is 52.2 Å². The van der Waals surface area contributed by atoms with E-state index in [0.717, 1.165) is 25.3 Å². The van der Waals surface area contributed by atoms with E-state index in [-0.39, 0.29) is 29.5 Å². The van der Waals surface area contributed by atoms with Gasteiger partial charge < -0.3 is 15.6 Å². The number of aromatic nitrogens is 1. The number of aromatic amines is 1. The molecule has 2 aromatic rings. The van der Waals surface area contributed by atoms with Crippen molar-refractivity contribution in [2.75, 3.05) is 13.6 Å². The van der Waals surface area contributed by atoms with Gasteiger partial charge in [-0.05, 0) is 44.7 Å². The molecule has 128 valence electrons. The summed E-state index contributed by atoms with van der Waals surface area (Å²) in [6, 6.07) is 6.53. The third-order valence-corrected chi connectivity index (χ3v) is 3.67. The van der Waals surface area contributed by atoms with Crippen LogP contribution in [0.15, 0.2) is 29.4 Å². The van der Waals surface area contributed by atoms with Crippen molar-refractivity contribution in [3.63, 3.8) is 0 Å². The van der Waals surface area contributed by atoms with E-state index in [9.17, 15) is 0 Å². The molecule has 0 fully saturated rings. The Morgan fingerprint density at radius 1 is 1.22 bits per heavy atom. The zero-order valence-corrected chi connectivity index (χ0v) is 17.1. The number of aryl methyl sites for hydroxylation is 1. The number of halogens is 1. The minimum atomic E-state index is 0. The van der Waals surface area contributed by atoms with Gasteiger partial charge in [0.05, 0.1) is 0 Å². The normalized spacial score (nSPS) is 12.1. The number of hydrogen-bond donors (Lipinski definition) is 3. The van der Waals surface area contributed by atoms with Gasteiger partial charge in [-0.2, -0.15) is 0 Å². The summed E-state index contributed by atoms with van der Waals surface area (Å²) < 4.78 is 0. The lowest BCUT2D eigenvalue weighted by molar-refractivity contribution is 0.501. The van der Waals surface area contributed by atoms with E-state index in [1.807, 2.05) is 0 Å². The Hall–Kier alpha value is -1.24. The molecule has 0 amide bonds. The fraction of sp³-hybridized carbons (Fsp3) is 0.500. The van der Waals surface area contributed by atoms with Crippen molar-refractivity contribution in [1.82, 2.24) is 15.6 Å². The smallest absolute Gasteiger partial charge is 0.191 e. The molecular weight excluding hydrogens is 399 g/mol. The van der Waals surface area contributed by atoms with Crippen LogP contribution in [-0.4, -0.2) is 30.1 Å². The molecule has 0 spiro atoms. The molecule has 0 aliphatic rings. The van der Waals surface area contributed by atoms with Crippen molar-refractivity contribution in [1.29, 1.82) is 0 Å². The third kappa shape index (κ3) is 5.41. The Morgan fingerprint density at radius 3 is 2.57 bits per heavy atom. The van der Waals surface area contributed by atoms with Gasteiger partial charge in [0.2, 0.25) is 0 Å². The van der Waals surface area contributed by atoms with Crippen LogP contribution in [0.5, 0.6) is 0 Å². The maximum atomic E-state index is 4.27. The number of nitrogens with one attached hydrogen (secondary N) is 3. The molecule has 0 unspecified atom stereocenters. The highest BCUT2D eigenvalue weighted by molar-refractivity contribution is 14.0. The highest BCUT2D eigenvalue weighted by atomic mass is 127. The first-order valence-corrected chi connectivity index (χ1v) is 8.01. The van der Waals surface area contributed by atoms with Gasteiger partial charge in [0.1, 0.15) is 0 Å². The van der Waals surface area contributed by atoms with E-state index < -0.39 is 0 Å². The minimum Gasteiger partial charge on any atom is -0.361 e. The first-order valence-electron chi connectivity index (χ1n) is 8.01. The van der Waals surface area contributed by atoms with Crippen molar-refractivity contribution in [2.24, 2.45) is 4.99 Å². The maximum absolute atomic E-state index is 4.27. The summed E-state index contributed by atoms with van der Waals surface area (Å²) in [5, 5.41) is 8.09. The minimum absolute atomic E-state index is 0. The summed E-state index contributed by atoms with van der Waals surface area (Å²) >= 11 is 0. The van der Waals surface area contributed by atoms with Gasteiger partial charge in [-0.15, -0.1) is 24.0 Å². The predicted octanol–water partition coefficient (Wildman–Crippen LogP) is 3.85. The Balaban J connectivity index is 0.00000264. The molecule has 0 bridgehead atoms. The number of hydrogen-bond acceptors (Lipinski definition) is 1. The zero-order valence-electron chi connectivity index (χ0n) is 14.8. The highest BCUT2D eigenvalue weighted by Crippen LogP contribution is 2.22. The largest absolute Gasteiger partial charge is 0.361 e. The highest BCUT2D eigenvalue weighted by Gasteiger charge is 2.12. The predicted molar refractivity (Wildman–Crippen MR) is 111 cm³/mol. The second kappa shape index (κ2) is 8.57. The molecule has 0 saturated heterocycles. The SMILES string of the molecule is CCc1cccc2c(CCNC(=NC)NC(C)(C)C)c[nH]c12.I. The van der Waals surface area contributed by atoms with E-state index in [0.29, 0.717) is 0 Å². The summed E-state index contributed by atoms with van der Waals surface area (Å²) in [7, 11) is 1.81. The molecule has 1 aromatic heterocycles. The van der Waals surface area contributed by atoms with E-state index in [4.69, 9.17) is 0 Å². The molecule has 5 heteroatoms. The summed E-state index contributed by atoms with van der Waals surface area (Å²) in [6.45, 7) is 9.45. The van der Waals surface area contributed by atoms with Gasteiger partial charge in [0.15, 0.2) is 5.96 Å². The maximum Gasteiger partial charge on any atom is 0.191 e. The molecular formula is C18H29IN4. The second-order valence-corrected chi connectivity index (χ2v) is 6.63. The number of para-hydroxylation sites is 1. The molecule has 23 heavy (non-hydrogen) atoms. The van der Waals surface area contributed by atoms with Gasteiger partial charge in [-0.1, -0.05) is 25.1 Å². The summed E-state index contributed by atoms with van der Waals surface area (Å²) in [6.07, 6.45) is 4.15. The molecule has 0 aliphatic carbocycles. The van der Waals surface area contributed by atoms with Crippen molar-refractivity contribution in [3.05, 3.63) is 35.5 Å². The molecule has 2 rings (SSSR count). The first kappa shape index (κ1) is 19.8. The van der Waals surface area contributed by atoms with Crippen LogP contribution in [0.4, 0.5) is 0 Å². The number of guanidine groups is 1. The van der Waals surface area contributed by atoms with E-state index in [1.165, 1.54) is 22.0 Å². The van der Waals surface area contributed by atoms with E-state index in [1.54, 1.807) is 7.05 Å². The Morgan fingerprint density at radius 2 is 1.96 bits per heavy atom. The summed E-state index contributed by atoms with van der Waals surface area (Å²) in [5.74, 6) is 0.849. The first-order chi connectivity index (χ1) is 10.4. The molecule has 0 radical (unpaired) electrons. The average Bonchev–Trinajstić information content (AvgIpc) is 2.88. The van der Waals surface area contributed by atoms with Crippen LogP contribution in [0, 0.1) is 0 Å². The van der Waals surface area contributed by atoms with Crippen LogP contribution in [-0.2, 0) is 12.8 Å². The van der Waals surface area contributed by atoms with Crippen LogP contribution in [0.1, 0.15) is 38.8 Å². The lowest BCUT2D eigenvalue weighted by Crippen LogP contribution is -2.48. The van der Waals surface area contributed by atoms with Gasteiger partial charge in [0, 0.05) is 36.2 Å². The molecule has 1 aromatic carbocycles. The van der Waals surface area contributed by atoms with Crippen LogP contribution in [0.25, 0.3) is 10.9 Å². The lowest BCUT2D eigenvalue weighted by Gasteiger charge is -2.23. The Kier molecular flexibility index (Phi) is 7.38. The van der Waals surface area contributed by atoms with E-state index in [2.05, 4.69) is 72.7 Å². The summed E-state index contributed by atoms with van der Waals surface area (Å²) in [5.41, 5.74) is 4.02. The number of nitrogens with zero attached hydrogens (tertiary/aromatic N) is 1. The number of fused-ring (bicyclic) bond motifs is 1. The number of aliphatic imine (C=N–C) groups is 1. The fourth-order valence-corrected chi connectivity index (χ4v) is 2.63. The van der Waals surface area contributed by atoms with Crippen LogP contribution in [0.3, 0.4) is 0 Å². The van der Waals surface area contributed by atoms with E-state index >= 15 is 0 Å². The zero-order chi connectivity index (χ0) is 16.2. The fourth-order valence-electron chi connectivity index (χ4n) is 2.63. The van der Waals surface area contributed by atoms with Gasteiger partial charge in [-0.25, -0.2) is 0 Å². The molecule has 0 aliphatic heterocycles. The number of rotatable bonds is 4. The quantitative estimate of drug-likeness (QED) is 0.394. The van der Waals surface area contributed by atoms with Crippen molar-refractivity contribution in [2.45, 2.75) is 46.1 Å². The van der Waals surface area contributed by atoms with Crippen molar-refractivity contribution >= 4 is 40.8 Å².